The van der Waals surface area contributed by atoms with E-state index in [9.17, 15) is 14.9 Å². The molecule has 1 aromatic carbocycles. The van der Waals surface area contributed by atoms with E-state index in [1.807, 2.05) is 13.8 Å². The number of aromatic nitrogens is 2. The molecule has 9 heteroatoms. The van der Waals surface area contributed by atoms with E-state index in [-0.39, 0.29) is 23.1 Å². The molecule has 8 nitrogen and oxygen atoms in total. The molecule has 1 N–H and O–H groups in total. The van der Waals surface area contributed by atoms with Crippen molar-refractivity contribution in [2.24, 2.45) is 0 Å². The molecule has 1 heterocycles. The number of carbonyl (C=O) groups is 1. The molecule has 27 heavy (non-hydrogen) atoms. The third kappa shape index (κ3) is 5.22. The van der Waals surface area contributed by atoms with Gasteiger partial charge in [-0.2, -0.15) is 0 Å². The fourth-order valence-electron chi connectivity index (χ4n) is 2.53. The first-order chi connectivity index (χ1) is 12.9. The van der Waals surface area contributed by atoms with E-state index in [2.05, 4.69) is 21.8 Å². The number of hydrogen-bond acceptors (Lipinski definition) is 6. The van der Waals surface area contributed by atoms with Crippen LogP contribution in [0.4, 0.5) is 11.4 Å². The zero-order valence-electron chi connectivity index (χ0n) is 15.9. The van der Waals surface area contributed by atoms with Crippen molar-refractivity contribution in [1.82, 2.24) is 9.55 Å². The molecule has 2 aromatic rings. The lowest BCUT2D eigenvalue weighted by Crippen LogP contribution is -2.15. The number of hydrogen-bond donors (Lipinski definition) is 1. The van der Waals surface area contributed by atoms with Gasteiger partial charge in [0.25, 0.3) is 5.69 Å². The normalized spacial score (nSPS) is 10.7. The summed E-state index contributed by atoms with van der Waals surface area (Å²) in [5.74, 6) is 0.202. The summed E-state index contributed by atoms with van der Waals surface area (Å²) in [6.07, 6.45) is 2.14. The monoisotopic (exact) mass is 392 g/mol. The average molecular weight is 392 g/mol. The van der Waals surface area contributed by atoms with Crippen molar-refractivity contribution in [2.75, 3.05) is 18.2 Å². The number of ether oxygens (including phenoxy) is 1. The third-order valence-corrected chi connectivity index (χ3v) is 5.14. The average Bonchev–Trinajstić information content (AvgIpc) is 2.92. The Morgan fingerprint density at radius 2 is 2.15 bits per heavy atom. The van der Waals surface area contributed by atoms with Crippen LogP contribution >= 0.6 is 11.8 Å². The van der Waals surface area contributed by atoms with Crippen LogP contribution in [0.5, 0.6) is 5.75 Å². The quantitative estimate of drug-likeness (QED) is 0.394. The van der Waals surface area contributed by atoms with Crippen LogP contribution in [-0.4, -0.2) is 33.2 Å². The number of benzene rings is 1. The lowest BCUT2D eigenvalue weighted by atomic mass is 10.2. The van der Waals surface area contributed by atoms with Crippen molar-refractivity contribution in [3.63, 3.8) is 0 Å². The SMILES string of the molecule is CCCCn1c(SCC(=O)Nc2ccc([N+](=O)[O-])cc2OC)nc(C)c1C. The number of rotatable bonds is 9. The van der Waals surface area contributed by atoms with Crippen molar-refractivity contribution in [3.8, 4) is 5.75 Å². The second-order valence-corrected chi connectivity index (χ2v) is 6.99. The molecule has 0 aliphatic heterocycles. The number of thioether (sulfide) groups is 1. The minimum Gasteiger partial charge on any atom is -0.494 e. The number of nitro benzene ring substituents is 1. The molecule has 0 radical (unpaired) electrons. The molecule has 0 unspecified atom stereocenters. The minimum atomic E-state index is -0.509. The number of anilines is 1. The highest BCUT2D eigenvalue weighted by atomic mass is 32.2. The minimum absolute atomic E-state index is 0.0943. The Hall–Kier alpha value is -2.55. The Morgan fingerprint density at radius 3 is 2.78 bits per heavy atom. The van der Waals surface area contributed by atoms with Crippen LogP contribution in [0.25, 0.3) is 0 Å². The first kappa shape index (κ1) is 20.8. The Labute approximate surface area is 162 Å². The number of imidazole rings is 1. The number of methoxy groups -OCH3 is 1. The first-order valence-electron chi connectivity index (χ1n) is 8.66. The lowest BCUT2D eigenvalue weighted by molar-refractivity contribution is -0.384. The fourth-order valence-corrected chi connectivity index (χ4v) is 3.44. The highest BCUT2D eigenvalue weighted by Gasteiger charge is 2.16. The van der Waals surface area contributed by atoms with E-state index in [1.165, 1.54) is 37.1 Å². The zero-order chi connectivity index (χ0) is 20.0. The van der Waals surface area contributed by atoms with Gasteiger partial charge in [-0.1, -0.05) is 25.1 Å². The smallest absolute Gasteiger partial charge is 0.273 e. The Balaban J connectivity index is 2.05. The second kappa shape index (κ2) is 9.40. The standard InChI is InChI=1S/C18H24N4O4S/c1-5-6-9-21-13(3)12(2)19-18(21)27-11-17(23)20-15-8-7-14(22(24)25)10-16(15)26-4/h7-8,10H,5-6,9,11H2,1-4H3,(H,20,23). The fraction of sp³-hybridized carbons (Fsp3) is 0.444. The van der Waals surface area contributed by atoms with Gasteiger partial charge in [0.1, 0.15) is 5.75 Å². The summed E-state index contributed by atoms with van der Waals surface area (Å²) < 4.78 is 7.28. The van der Waals surface area contributed by atoms with E-state index in [0.717, 1.165) is 35.9 Å². The van der Waals surface area contributed by atoms with E-state index < -0.39 is 4.92 Å². The van der Waals surface area contributed by atoms with Gasteiger partial charge in [0.05, 0.1) is 35.2 Å². The van der Waals surface area contributed by atoms with Gasteiger partial charge in [-0.3, -0.25) is 14.9 Å². The van der Waals surface area contributed by atoms with E-state index in [4.69, 9.17) is 4.74 Å². The summed E-state index contributed by atoms with van der Waals surface area (Å²) in [6, 6.07) is 4.08. The van der Waals surface area contributed by atoms with Gasteiger partial charge in [-0.05, 0) is 26.3 Å². The largest absolute Gasteiger partial charge is 0.494 e. The summed E-state index contributed by atoms with van der Waals surface area (Å²) in [5, 5.41) is 14.4. The highest BCUT2D eigenvalue weighted by Crippen LogP contribution is 2.29. The Bertz CT molecular complexity index is 835. The number of carbonyl (C=O) groups excluding carboxylic acids is 1. The number of unbranched alkanes of at least 4 members (excludes halogenated alkanes) is 1. The van der Waals surface area contributed by atoms with Crippen molar-refractivity contribution < 1.29 is 14.5 Å². The van der Waals surface area contributed by atoms with Crippen LogP contribution in [-0.2, 0) is 11.3 Å². The maximum atomic E-state index is 12.3. The van der Waals surface area contributed by atoms with Crippen LogP contribution in [0.3, 0.4) is 0 Å². The summed E-state index contributed by atoms with van der Waals surface area (Å²) >= 11 is 1.37. The zero-order valence-corrected chi connectivity index (χ0v) is 16.8. The van der Waals surface area contributed by atoms with E-state index in [0.29, 0.717) is 5.69 Å². The molecule has 1 amide bonds. The molecule has 0 aliphatic carbocycles. The summed E-state index contributed by atoms with van der Waals surface area (Å²) in [7, 11) is 1.40. The van der Waals surface area contributed by atoms with E-state index in [1.54, 1.807) is 0 Å². The van der Waals surface area contributed by atoms with Crippen LogP contribution in [0, 0.1) is 24.0 Å². The topological polar surface area (TPSA) is 99.3 Å². The predicted molar refractivity (Wildman–Crippen MR) is 106 cm³/mol. The number of non-ortho nitro benzene ring substituents is 1. The third-order valence-electron chi connectivity index (χ3n) is 4.16. The Morgan fingerprint density at radius 1 is 1.41 bits per heavy atom. The molecule has 146 valence electrons. The van der Waals surface area contributed by atoms with Gasteiger partial charge in [-0.15, -0.1) is 0 Å². The maximum absolute atomic E-state index is 12.3. The molecule has 1 aromatic heterocycles. The summed E-state index contributed by atoms with van der Waals surface area (Å²) in [5.41, 5.74) is 2.38. The van der Waals surface area contributed by atoms with Gasteiger partial charge >= 0.3 is 0 Å². The van der Waals surface area contributed by atoms with Gasteiger partial charge in [0.15, 0.2) is 5.16 Å². The molecule has 0 atom stereocenters. The van der Waals surface area contributed by atoms with Gasteiger partial charge in [-0.25, -0.2) is 4.98 Å². The number of aryl methyl sites for hydroxylation is 1. The molecule has 2 rings (SSSR count). The van der Waals surface area contributed by atoms with Gasteiger partial charge < -0.3 is 14.6 Å². The van der Waals surface area contributed by atoms with Crippen molar-refractivity contribution in [1.29, 1.82) is 0 Å². The molecule has 0 fully saturated rings. The summed E-state index contributed by atoms with van der Waals surface area (Å²) in [6.45, 7) is 7.01. The molecular weight excluding hydrogens is 368 g/mol. The lowest BCUT2D eigenvalue weighted by Gasteiger charge is -2.11. The summed E-state index contributed by atoms with van der Waals surface area (Å²) in [4.78, 5) is 27.2. The molecule has 0 saturated heterocycles. The molecule has 0 spiro atoms. The number of nitro groups is 1. The van der Waals surface area contributed by atoms with Crippen molar-refractivity contribution in [2.45, 2.75) is 45.3 Å². The van der Waals surface area contributed by atoms with Gasteiger partial charge in [0.2, 0.25) is 5.91 Å². The number of nitrogens with zero attached hydrogens (tertiary/aromatic N) is 3. The molecule has 0 saturated carbocycles. The first-order valence-corrected chi connectivity index (χ1v) is 9.64. The van der Waals surface area contributed by atoms with Crippen LogP contribution in [0.1, 0.15) is 31.2 Å². The van der Waals surface area contributed by atoms with Crippen LogP contribution < -0.4 is 10.1 Å². The van der Waals surface area contributed by atoms with Crippen molar-refractivity contribution >= 4 is 29.0 Å². The Kier molecular flexibility index (Phi) is 7.23. The van der Waals surface area contributed by atoms with Crippen LogP contribution in [0.2, 0.25) is 0 Å². The van der Waals surface area contributed by atoms with E-state index >= 15 is 0 Å². The van der Waals surface area contributed by atoms with Crippen molar-refractivity contribution in [3.05, 3.63) is 39.7 Å². The molecule has 0 aliphatic rings. The maximum Gasteiger partial charge on any atom is 0.273 e. The number of amides is 1. The second-order valence-electron chi connectivity index (χ2n) is 6.05. The highest BCUT2D eigenvalue weighted by molar-refractivity contribution is 7.99. The predicted octanol–water partition coefficient (Wildman–Crippen LogP) is 3.95. The van der Waals surface area contributed by atoms with Gasteiger partial charge in [0, 0.05) is 18.3 Å². The molecule has 0 bridgehead atoms. The van der Waals surface area contributed by atoms with Crippen LogP contribution in [0.15, 0.2) is 23.4 Å². The molecular formula is C18H24N4O4S. The number of nitrogens with one attached hydrogen (secondary N) is 1.